The summed E-state index contributed by atoms with van der Waals surface area (Å²) in [5.74, 6) is -1.62. The summed E-state index contributed by atoms with van der Waals surface area (Å²) in [4.78, 5) is 108. The van der Waals surface area contributed by atoms with Gasteiger partial charge in [-0.1, -0.05) is 18.2 Å². The number of amides is 6. The highest BCUT2D eigenvalue weighted by molar-refractivity contribution is 6.24. The second kappa shape index (κ2) is 19.2. The lowest BCUT2D eigenvalue weighted by molar-refractivity contribution is -0.136. The Labute approximate surface area is 436 Å². The minimum absolute atomic E-state index is 0.00825. The number of aromatic nitrogens is 6. The van der Waals surface area contributed by atoms with Gasteiger partial charge in [0.2, 0.25) is 11.8 Å². The van der Waals surface area contributed by atoms with Crippen LogP contribution >= 0.6 is 0 Å². The lowest BCUT2D eigenvalue weighted by Crippen LogP contribution is -2.54. The van der Waals surface area contributed by atoms with Crippen LogP contribution in [0.15, 0.2) is 77.9 Å². The smallest absolute Gasteiger partial charge is 0.407 e. The summed E-state index contributed by atoms with van der Waals surface area (Å²) in [6, 6.07) is 18.2. The summed E-state index contributed by atoms with van der Waals surface area (Å²) in [5.41, 5.74) is 8.43. The molecule has 0 radical (unpaired) electrons. The molecule has 8 heterocycles. The van der Waals surface area contributed by atoms with Crippen LogP contribution in [0.4, 0.5) is 10.5 Å². The van der Waals surface area contributed by atoms with Crippen LogP contribution in [0.5, 0.6) is 0 Å². The summed E-state index contributed by atoms with van der Waals surface area (Å²) in [5, 5.41) is 11.7. The predicted molar refractivity (Wildman–Crippen MR) is 284 cm³/mol. The number of hydrogen-bond acceptors (Lipinski definition) is 12. The van der Waals surface area contributed by atoms with Crippen molar-refractivity contribution in [2.45, 2.75) is 83.0 Å². The molecule has 0 bridgehead atoms. The van der Waals surface area contributed by atoms with Crippen LogP contribution < -0.4 is 21.2 Å². The molecule has 76 heavy (non-hydrogen) atoms. The molecule has 6 amide bonds. The molecule has 20 heteroatoms. The Morgan fingerprint density at radius 2 is 1.57 bits per heavy atom. The maximum Gasteiger partial charge on any atom is 0.407 e. The normalized spacial score (nSPS) is 20.7. The quantitative estimate of drug-likeness (QED) is 0.134. The molecule has 7 aromatic rings. The van der Waals surface area contributed by atoms with Gasteiger partial charge < -0.3 is 24.8 Å². The second-order valence-electron chi connectivity index (χ2n) is 21.3. The fourth-order valence-corrected chi connectivity index (χ4v) is 12.5. The van der Waals surface area contributed by atoms with Gasteiger partial charge in [-0.2, -0.15) is 5.10 Å². The predicted octanol–water partition coefficient (Wildman–Crippen LogP) is 6.01. The minimum atomic E-state index is -1.00. The van der Waals surface area contributed by atoms with Crippen LogP contribution in [0.25, 0.3) is 55.4 Å². The number of piperazine rings is 1. The number of ether oxygens (including phenoxy) is 1. The molecule has 4 aromatic heterocycles. The number of H-pyrrole nitrogens is 1. The van der Waals surface area contributed by atoms with Gasteiger partial charge in [-0.25, -0.2) is 14.6 Å². The van der Waals surface area contributed by atoms with E-state index in [1.807, 2.05) is 50.7 Å². The topological polar surface area (TPSA) is 222 Å². The van der Waals surface area contributed by atoms with Crippen molar-refractivity contribution < 1.29 is 33.5 Å². The first-order valence-electron chi connectivity index (χ1n) is 26.4. The number of carbonyl (C=O) groups is 6. The lowest BCUT2D eigenvalue weighted by atomic mass is 9.95. The molecule has 1 unspecified atom stereocenters. The first-order valence-corrected chi connectivity index (χ1v) is 26.4. The SMILES string of the molecule is COC(=O)N[C@@H]1CC[C@@H](n2c(=O)n(C)c3cnc4[nH]c(-c5ccc(C(=O)N6CCC(CN7CCN(c8ccc9c(c8)C(=O)N(C8CCC(=O)NC8=O)C9=O)CC7)CC6)cc5)c(-c5ccc6c(cnn6C(C)C)c5)c4c32)C1. The van der Waals surface area contributed by atoms with Crippen LogP contribution in [0.1, 0.15) is 102 Å². The molecule has 4 fully saturated rings. The standard InChI is InChI=1S/C56H60N12O8/c1-31(2)68-42-14-9-35(25-36(42)28-58-68)46-47-49-44(62(3)56(75)66(49)39-11-10-37(26-39)59-55(74)76-4)29-57-50(47)61-48(46)33-5-7-34(8-6-33)52(71)65-19-17-32(18-20-65)30-63-21-23-64(24-22-63)38-12-13-40-41(27-38)54(73)67(53(40)72)43-15-16-45(69)60-51(43)70/h5-9,12-14,25,27-29,31-32,37,39,43H,10-11,15-24,26,30H2,1-4H3,(H,57,61)(H,59,74)(H,60,69,70)/t37-,39-,43?/m1/s1. The Hall–Kier alpha value is -8.13. The number of aromatic amines is 1. The molecule has 3 saturated heterocycles. The number of aryl methyl sites for hydroxylation is 1. The third kappa shape index (κ3) is 8.38. The zero-order chi connectivity index (χ0) is 52.7. The number of methoxy groups -OCH3 is 1. The van der Waals surface area contributed by atoms with Crippen LogP contribution in [0.3, 0.4) is 0 Å². The number of imide groups is 2. The van der Waals surface area contributed by atoms with Crippen molar-refractivity contribution in [3.05, 3.63) is 100 Å². The minimum Gasteiger partial charge on any atom is -0.453 e. The molecule has 3 N–H and O–H groups in total. The highest BCUT2D eigenvalue weighted by atomic mass is 16.5. The summed E-state index contributed by atoms with van der Waals surface area (Å²) in [7, 11) is 3.12. The van der Waals surface area contributed by atoms with Crippen LogP contribution in [-0.2, 0) is 21.4 Å². The fourth-order valence-electron chi connectivity index (χ4n) is 12.5. The molecule has 3 aromatic carbocycles. The number of benzene rings is 3. The second-order valence-corrected chi connectivity index (χ2v) is 21.3. The number of alkyl carbamates (subject to hydrolysis) is 1. The van der Waals surface area contributed by atoms with Gasteiger partial charge in [-0.05, 0) is 112 Å². The van der Waals surface area contributed by atoms with Gasteiger partial charge in [0.15, 0.2) is 0 Å². The summed E-state index contributed by atoms with van der Waals surface area (Å²) >= 11 is 0. The molecule has 1 aliphatic carbocycles. The molecule has 4 aliphatic heterocycles. The number of anilines is 1. The highest BCUT2D eigenvalue weighted by Gasteiger charge is 2.45. The Morgan fingerprint density at radius 3 is 2.30 bits per heavy atom. The Morgan fingerprint density at radius 1 is 0.816 bits per heavy atom. The van der Waals surface area contributed by atoms with Crippen molar-refractivity contribution in [3.8, 4) is 22.4 Å². The van der Waals surface area contributed by atoms with E-state index in [-0.39, 0.29) is 53.7 Å². The van der Waals surface area contributed by atoms with Gasteiger partial charge in [-0.3, -0.25) is 52.9 Å². The van der Waals surface area contributed by atoms with E-state index in [1.54, 1.807) is 29.9 Å². The first-order chi connectivity index (χ1) is 36.7. The molecule has 12 rings (SSSR count). The van der Waals surface area contributed by atoms with E-state index in [0.717, 1.165) is 100 Å². The maximum atomic E-state index is 14.3. The van der Waals surface area contributed by atoms with Crippen molar-refractivity contribution in [1.29, 1.82) is 0 Å². The van der Waals surface area contributed by atoms with E-state index in [9.17, 15) is 33.6 Å². The first kappa shape index (κ1) is 48.8. The van der Waals surface area contributed by atoms with E-state index in [4.69, 9.17) is 14.8 Å². The highest BCUT2D eigenvalue weighted by Crippen LogP contribution is 2.44. The summed E-state index contributed by atoms with van der Waals surface area (Å²) in [6.45, 7) is 9.60. The zero-order valence-corrected chi connectivity index (χ0v) is 43.0. The molecule has 5 aliphatic rings. The maximum absolute atomic E-state index is 14.3. The van der Waals surface area contributed by atoms with E-state index >= 15 is 0 Å². The molecule has 392 valence electrons. The summed E-state index contributed by atoms with van der Waals surface area (Å²) < 4.78 is 10.4. The molecule has 1 saturated carbocycles. The Bertz CT molecular complexity index is 3590. The average Bonchev–Trinajstić information content (AvgIpc) is 4.36. The average molecular weight is 1030 g/mol. The van der Waals surface area contributed by atoms with E-state index in [0.29, 0.717) is 55.0 Å². The number of nitrogens with one attached hydrogen (secondary N) is 3. The van der Waals surface area contributed by atoms with Gasteiger partial charge >= 0.3 is 11.8 Å². The monoisotopic (exact) mass is 1030 g/mol. The number of pyridine rings is 1. The number of piperidine rings is 2. The van der Waals surface area contributed by atoms with Crippen molar-refractivity contribution in [3.63, 3.8) is 0 Å². The van der Waals surface area contributed by atoms with E-state index in [2.05, 4.69) is 57.5 Å². The number of hydrogen-bond donors (Lipinski definition) is 3. The number of fused-ring (bicyclic) bond motifs is 5. The van der Waals surface area contributed by atoms with Crippen LogP contribution in [0.2, 0.25) is 0 Å². The largest absolute Gasteiger partial charge is 0.453 e. The molecule has 3 atom stereocenters. The van der Waals surface area contributed by atoms with Crippen molar-refractivity contribution >= 4 is 74.3 Å². The van der Waals surface area contributed by atoms with Crippen LogP contribution in [0, 0.1) is 5.92 Å². The Kier molecular flexibility index (Phi) is 12.3. The number of likely N-dealkylation sites (tertiary alicyclic amines) is 1. The number of rotatable bonds is 10. The lowest BCUT2D eigenvalue weighted by Gasteiger charge is -2.39. The van der Waals surface area contributed by atoms with Crippen molar-refractivity contribution in [1.82, 2.24) is 54.2 Å². The van der Waals surface area contributed by atoms with Crippen LogP contribution in [-0.4, -0.2) is 144 Å². The van der Waals surface area contributed by atoms with Gasteiger partial charge in [0, 0.05) is 99.6 Å². The summed E-state index contributed by atoms with van der Waals surface area (Å²) in [6.07, 6.45) is 7.08. The van der Waals surface area contributed by atoms with Gasteiger partial charge in [0.25, 0.3) is 17.7 Å². The number of imidazole rings is 1. The number of nitrogens with zero attached hydrogens (tertiary/aromatic N) is 9. The molecular weight excluding hydrogens is 969 g/mol. The van der Waals surface area contributed by atoms with Gasteiger partial charge in [-0.15, -0.1) is 0 Å². The number of carbonyl (C=O) groups excluding carboxylic acids is 6. The third-order valence-corrected chi connectivity index (χ3v) is 16.5. The van der Waals surface area contributed by atoms with Crippen molar-refractivity contribution in [2.75, 3.05) is 57.8 Å². The fraction of sp³-hybridized carbons (Fsp3) is 0.411. The molecule has 20 nitrogen and oxygen atoms in total. The van der Waals surface area contributed by atoms with Crippen molar-refractivity contribution in [2.24, 2.45) is 13.0 Å². The Balaban J connectivity index is 0.738. The molecule has 0 spiro atoms. The third-order valence-electron chi connectivity index (χ3n) is 16.5. The zero-order valence-electron chi connectivity index (χ0n) is 43.0. The van der Waals surface area contributed by atoms with Gasteiger partial charge in [0.1, 0.15) is 11.7 Å². The van der Waals surface area contributed by atoms with Gasteiger partial charge in [0.05, 0.1) is 58.3 Å². The van der Waals surface area contributed by atoms with E-state index in [1.165, 1.54) is 7.11 Å². The van der Waals surface area contributed by atoms with E-state index < -0.39 is 35.8 Å². The molecular formula is C56H60N12O8.